The molecular formula is C26H35NO3. The third-order valence-corrected chi connectivity index (χ3v) is 9.13. The molecule has 0 aliphatic heterocycles. The number of allylic oxidation sites excluding steroid dienone is 5. The van der Waals surface area contributed by atoms with E-state index >= 15 is 0 Å². The number of fused-ring (bicyclic) bond motifs is 5. The van der Waals surface area contributed by atoms with Crippen LogP contribution in [0.25, 0.3) is 0 Å². The number of hydrogen-bond donors (Lipinski definition) is 2. The maximum atomic E-state index is 13.0. The summed E-state index contributed by atoms with van der Waals surface area (Å²) in [7, 11) is 1.81. The number of carbonyl (C=O) groups is 1. The highest BCUT2D eigenvalue weighted by atomic mass is 16.3. The van der Waals surface area contributed by atoms with Gasteiger partial charge in [-0.1, -0.05) is 39.0 Å². The number of hydrogen-bond acceptors (Lipinski definition) is 4. The molecule has 4 aliphatic rings. The second-order valence-corrected chi connectivity index (χ2v) is 10.4. The van der Waals surface area contributed by atoms with Gasteiger partial charge in [-0.2, -0.15) is 0 Å². The van der Waals surface area contributed by atoms with E-state index in [1.54, 1.807) is 6.08 Å². The first-order chi connectivity index (χ1) is 14.1. The molecule has 0 unspecified atom stereocenters. The Bertz CT molecular complexity index is 894. The van der Waals surface area contributed by atoms with Crippen LogP contribution in [0.2, 0.25) is 0 Å². The van der Waals surface area contributed by atoms with Crippen LogP contribution in [0.4, 0.5) is 0 Å². The van der Waals surface area contributed by atoms with Crippen molar-refractivity contribution in [1.29, 1.82) is 0 Å². The fraction of sp³-hybridized carbons (Fsp3) is 0.654. The second kappa shape index (κ2) is 7.15. The van der Waals surface area contributed by atoms with E-state index in [2.05, 4.69) is 49.4 Å². The lowest BCUT2D eigenvalue weighted by molar-refractivity contribution is -0.177. The number of rotatable bonds is 3. The van der Waals surface area contributed by atoms with Gasteiger partial charge in [0.2, 0.25) is 0 Å². The molecule has 2 N–H and O–H groups in total. The number of carbonyl (C=O) groups excluding carboxylic acids is 1. The van der Waals surface area contributed by atoms with E-state index in [1.807, 2.05) is 14.0 Å². The summed E-state index contributed by atoms with van der Waals surface area (Å²) in [4.78, 5) is 17.4. The number of ketones is 1. The van der Waals surface area contributed by atoms with E-state index in [9.17, 15) is 15.0 Å². The number of Topliss-reactive ketones (excluding diaryl/α,β-unsaturated/α-hetero) is 1. The predicted octanol–water partition coefficient (Wildman–Crippen LogP) is 4.04. The molecule has 4 rings (SSSR count). The van der Waals surface area contributed by atoms with E-state index < -0.39 is 17.1 Å². The van der Waals surface area contributed by atoms with Gasteiger partial charge in [-0.05, 0) is 61.7 Å². The average Bonchev–Trinajstić information content (AvgIpc) is 2.97. The lowest BCUT2D eigenvalue weighted by atomic mass is 9.44. The van der Waals surface area contributed by atoms with Gasteiger partial charge in [0.15, 0.2) is 5.78 Å². The Labute approximate surface area is 180 Å². The number of aliphatic imine (C=N–C) groups is 1. The average molecular weight is 410 g/mol. The normalized spacial score (nSPS) is 48.3. The molecule has 3 fully saturated rings. The van der Waals surface area contributed by atoms with Gasteiger partial charge in [-0.25, -0.2) is 0 Å². The standard InChI is InChI=1S/C26H35NO3/c1-6-7-8-22(29)26(30)12-10-19-18-13-16(2)20-14-17(27-5)9-11-24(20,3)23(18)21(28)15-25(19,26)4/h7,9,11,14,16,18-19,21,23,28,30H,1,8,10,12-13,15H2,2-5H3/b27-17+/t16-,18-,19-,21-,23+,24-,25-,26-/m0/s1. The van der Waals surface area contributed by atoms with Crippen molar-refractivity contribution < 1.29 is 15.0 Å². The smallest absolute Gasteiger partial charge is 0.169 e. The quantitative estimate of drug-likeness (QED) is 0.691. The van der Waals surface area contributed by atoms with Crippen molar-refractivity contribution in [2.45, 2.75) is 64.6 Å². The molecule has 0 heterocycles. The molecule has 162 valence electrons. The van der Waals surface area contributed by atoms with Crippen molar-refractivity contribution in [3.63, 3.8) is 0 Å². The maximum Gasteiger partial charge on any atom is 0.169 e. The summed E-state index contributed by atoms with van der Waals surface area (Å²) in [5.74, 6) is 0.811. The minimum atomic E-state index is -1.39. The molecule has 0 amide bonds. The zero-order chi connectivity index (χ0) is 21.9. The molecular weight excluding hydrogens is 374 g/mol. The topological polar surface area (TPSA) is 69.9 Å². The first kappa shape index (κ1) is 21.5. The van der Waals surface area contributed by atoms with Crippen molar-refractivity contribution in [1.82, 2.24) is 0 Å². The molecule has 0 radical (unpaired) electrons. The van der Waals surface area contributed by atoms with E-state index in [-0.39, 0.29) is 35.4 Å². The summed E-state index contributed by atoms with van der Waals surface area (Å²) in [6.45, 7) is 10.1. The van der Waals surface area contributed by atoms with Crippen LogP contribution in [0.5, 0.6) is 0 Å². The summed E-state index contributed by atoms with van der Waals surface area (Å²) in [6, 6.07) is 0. The highest BCUT2D eigenvalue weighted by Gasteiger charge is 2.68. The number of aliphatic hydroxyl groups excluding tert-OH is 1. The summed E-state index contributed by atoms with van der Waals surface area (Å²) >= 11 is 0. The van der Waals surface area contributed by atoms with Crippen molar-refractivity contribution in [2.24, 2.45) is 39.5 Å². The summed E-state index contributed by atoms with van der Waals surface area (Å²) < 4.78 is 0. The lowest BCUT2D eigenvalue weighted by Gasteiger charge is -2.61. The van der Waals surface area contributed by atoms with Crippen LogP contribution >= 0.6 is 0 Å². The van der Waals surface area contributed by atoms with Gasteiger partial charge in [-0.15, -0.1) is 5.73 Å². The van der Waals surface area contributed by atoms with Crippen molar-refractivity contribution in [3.05, 3.63) is 42.2 Å². The lowest BCUT2D eigenvalue weighted by Crippen LogP contribution is -2.62. The Hall–Kier alpha value is -1.74. The molecule has 0 aromatic heterocycles. The number of nitrogens with zero attached hydrogens (tertiary/aromatic N) is 1. The molecule has 4 aliphatic carbocycles. The first-order valence-electron chi connectivity index (χ1n) is 11.3. The fourth-order valence-electron chi connectivity index (χ4n) is 7.69. The Morgan fingerprint density at radius 2 is 2.17 bits per heavy atom. The number of aliphatic hydroxyl groups is 2. The van der Waals surface area contributed by atoms with Gasteiger partial charge in [-0.3, -0.25) is 9.79 Å². The minimum absolute atomic E-state index is 0.0956. The van der Waals surface area contributed by atoms with Crippen LogP contribution in [0.1, 0.15) is 52.9 Å². The third-order valence-electron chi connectivity index (χ3n) is 9.13. The fourth-order valence-corrected chi connectivity index (χ4v) is 7.69. The monoisotopic (exact) mass is 409 g/mol. The van der Waals surface area contributed by atoms with E-state index in [4.69, 9.17) is 0 Å². The predicted molar refractivity (Wildman–Crippen MR) is 119 cm³/mol. The first-order valence-corrected chi connectivity index (χ1v) is 11.3. The molecule has 30 heavy (non-hydrogen) atoms. The molecule has 3 saturated carbocycles. The SMILES string of the molecule is C=C=CCC(=O)[C@@]1(O)CC[C@H]2[C@@H]3C[C@H](C)C4=C/C(=N/C)C=C[C@]4(C)[C@H]3[C@@H](O)C[C@@]21C. The van der Waals surface area contributed by atoms with Gasteiger partial charge in [0, 0.05) is 30.2 Å². The van der Waals surface area contributed by atoms with Crippen molar-refractivity contribution >= 4 is 11.5 Å². The Kier molecular flexibility index (Phi) is 5.12. The van der Waals surface area contributed by atoms with Crippen LogP contribution in [0.3, 0.4) is 0 Å². The molecule has 0 bridgehead atoms. The summed E-state index contributed by atoms with van der Waals surface area (Å²) in [5, 5.41) is 23.1. The van der Waals surface area contributed by atoms with Crippen molar-refractivity contribution in [3.8, 4) is 0 Å². The molecule has 0 aromatic rings. The maximum absolute atomic E-state index is 13.0. The summed E-state index contributed by atoms with van der Waals surface area (Å²) in [6.07, 6.45) is 10.5. The highest BCUT2D eigenvalue weighted by molar-refractivity contribution is 6.05. The van der Waals surface area contributed by atoms with Crippen LogP contribution in [-0.2, 0) is 4.79 Å². The van der Waals surface area contributed by atoms with Gasteiger partial charge in [0.25, 0.3) is 0 Å². The largest absolute Gasteiger partial charge is 0.393 e. The Morgan fingerprint density at radius 1 is 1.43 bits per heavy atom. The molecule has 0 aromatic carbocycles. The Balaban J connectivity index is 1.74. The van der Waals surface area contributed by atoms with Gasteiger partial charge >= 0.3 is 0 Å². The van der Waals surface area contributed by atoms with Gasteiger partial charge in [0.1, 0.15) is 5.60 Å². The molecule has 4 nitrogen and oxygen atoms in total. The van der Waals surface area contributed by atoms with Crippen LogP contribution in [-0.4, -0.2) is 40.5 Å². The van der Waals surface area contributed by atoms with Gasteiger partial charge in [0.05, 0.1) is 11.8 Å². The van der Waals surface area contributed by atoms with E-state index in [0.717, 1.165) is 18.6 Å². The zero-order valence-corrected chi connectivity index (χ0v) is 18.7. The van der Waals surface area contributed by atoms with Crippen molar-refractivity contribution in [2.75, 3.05) is 7.05 Å². The second-order valence-electron chi connectivity index (χ2n) is 10.4. The zero-order valence-electron chi connectivity index (χ0n) is 18.7. The van der Waals surface area contributed by atoms with E-state index in [0.29, 0.717) is 18.8 Å². The highest BCUT2D eigenvalue weighted by Crippen LogP contribution is 2.67. The van der Waals surface area contributed by atoms with Crippen LogP contribution < -0.4 is 0 Å². The molecule has 4 heteroatoms. The molecule has 8 atom stereocenters. The summed E-state index contributed by atoms with van der Waals surface area (Å²) in [5.41, 5.74) is 2.78. The third kappa shape index (κ3) is 2.74. The van der Waals surface area contributed by atoms with Crippen LogP contribution in [0, 0.1) is 34.5 Å². The molecule has 0 saturated heterocycles. The van der Waals surface area contributed by atoms with Crippen LogP contribution in [0.15, 0.2) is 47.2 Å². The molecule has 0 spiro atoms. The Morgan fingerprint density at radius 3 is 2.83 bits per heavy atom. The minimum Gasteiger partial charge on any atom is -0.393 e. The van der Waals surface area contributed by atoms with Gasteiger partial charge < -0.3 is 10.2 Å². The van der Waals surface area contributed by atoms with E-state index in [1.165, 1.54) is 5.57 Å².